The van der Waals surface area contributed by atoms with Crippen LogP contribution in [-0.2, 0) is 14.4 Å². The van der Waals surface area contributed by atoms with E-state index in [1.54, 1.807) is 0 Å². The van der Waals surface area contributed by atoms with Crippen molar-refractivity contribution < 1.29 is 14.4 Å². The number of nitrogens with two attached hydrogens (primary N) is 1. The summed E-state index contributed by atoms with van der Waals surface area (Å²) in [7, 11) is 0. The van der Waals surface area contributed by atoms with Crippen molar-refractivity contribution in [3.8, 4) is 0 Å². The molecule has 0 spiro atoms. The molecule has 2 N–H and O–H groups in total. The molecular formula is C10H17N3O3. The first-order valence-corrected chi connectivity index (χ1v) is 5.42. The molecule has 6 heteroatoms. The van der Waals surface area contributed by atoms with E-state index in [9.17, 15) is 14.4 Å². The molecule has 0 bridgehead atoms. The van der Waals surface area contributed by atoms with Crippen LogP contribution in [0, 0.1) is 0 Å². The number of rotatable bonds is 5. The topological polar surface area (TPSA) is 83.7 Å². The molecule has 0 aromatic carbocycles. The predicted octanol–water partition coefficient (Wildman–Crippen LogP) is -1.06. The summed E-state index contributed by atoms with van der Waals surface area (Å²) in [5, 5.41) is 0. The predicted molar refractivity (Wildman–Crippen MR) is 57.3 cm³/mol. The number of primary amides is 1. The summed E-state index contributed by atoms with van der Waals surface area (Å²) in [6, 6.07) is 0. The van der Waals surface area contributed by atoms with Gasteiger partial charge in [-0.25, -0.2) is 0 Å². The first-order chi connectivity index (χ1) is 7.56. The average Bonchev–Trinajstić information content (AvgIpc) is 2.23. The van der Waals surface area contributed by atoms with E-state index in [2.05, 4.69) is 0 Å². The van der Waals surface area contributed by atoms with E-state index in [1.165, 1.54) is 9.80 Å². The molecular weight excluding hydrogens is 210 g/mol. The van der Waals surface area contributed by atoms with Gasteiger partial charge in [0.2, 0.25) is 5.91 Å². The molecule has 0 radical (unpaired) electrons. The zero-order chi connectivity index (χ0) is 12.1. The van der Waals surface area contributed by atoms with Crippen molar-refractivity contribution in [2.75, 3.05) is 26.2 Å². The second-order valence-electron chi connectivity index (χ2n) is 3.84. The van der Waals surface area contributed by atoms with Crippen molar-refractivity contribution in [3.05, 3.63) is 0 Å². The van der Waals surface area contributed by atoms with Crippen molar-refractivity contribution in [2.45, 2.75) is 19.8 Å². The highest BCUT2D eigenvalue weighted by Crippen LogP contribution is 2.06. The normalized spacial score (nSPS) is 16.8. The minimum atomic E-state index is -0.624. The van der Waals surface area contributed by atoms with Crippen LogP contribution in [0.4, 0.5) is 0 Å². The van der Waals surface area contributed by atoms with Crippen LogP contribution in [0.5, 0.6) is 0 Å². The van der Waals surface area contributed by atoms with Gasteiger partial charge in [0.1, 0.15) is 0 Å². The summed E-state index contributed by atoms with van der Waals surface area (Å²) < 4.78 is 0. The van der Waals surface area contributed by atoms with Gasteiger partial charge in [-0.3, -0.25) is 14.4 Å². The lowest BCUT2D eigenvalue weighted by atomic mass is 10.2. The van der Waals surface area contributed by atoms with Crippen molar-refractivity contribution in [1.29, 1.82) is 0 Å². The molecule has 0 unspecified atom stereocenters. The maximum atomic E-state index is 11.6. The maximum Gasteiger partial charge on any atom is 0.312 e. The Balaban J connectivity index is 2.54. The Morgan fingerprint density at radius 3 is 2.38 bits per heavy atom. The maximum absolute atomic E-state index is 11.6. The highest BCUT2D eigenvalue weighted by molar-refractivity contribution is 6.35. The van der Waals surface area contributed by atoms with E-state index >= 15 is 0 Å². The Bertz CT molecular complexity index is 304. The minimum Gasteiger partial charge on any atom is -0.368 e. The third-order valence-corrected chi connectivity index (χ3v) is 2.53. The third kappa shape index (κ3) is 2.95. The molecule has 3 amide bonds. The molecule has 6 nitrogen and oxygen atoms in total. The Kier molecular flexibility index (Phi) is 4.28. The summed E-state index contributed by atoms with van der Waals surface area (Å²) in [4.78, 5) is 36.6. The van der Waals surface area contributed by atoms with Gasteiger partial charge in [-0.1, -0.05) is 13.3 Å². The van der Waals surface area contributed by atoms with Crippen LogP contribution in [0.2, 0.25) is 0 Å². The molecule has 0 atom stereocenters. The van der Waals surface area contributed by atoms with Crippen LogP contribution >= 0.6 is 0 Å². The van der Waals surface area contributed by atoms with Gasteiger partial charge < -0.3 is 15.5 Å². The lowest BCUT2D eigenvalue weighted by Gasteiger charge is -2.32. The van der Waals surface area contributed by atoms with Crippen LogP contribution in [0.15, 0.2) is 0 Å². The Labute approximate surface area is 94.4 Å². The van der Waals surface area contributed by atoms with Gasteiger partial charge in [0.25, 0.3) is 0 Å². The quantitative estimate of drug-likeness (QED) is 0.608. The number of hydrogen-bond donors (Lipinski definition) is 1. The van der Waals surface area contributed by atoms with Crippen LogP contribution in [0.1, 0.15) is 19.8 Å². The van der Waals surface area contributed by atoms with Gasteiger partial charge in [0.15, 0.2) is 0 Å². The first kappa shape index (κ1) is 12.5. The second kappa shape index (κ2) is 5.48. The highest BCUT2D eigenvalue weighted by Gasteiger charge is 2.32. The minimum absolute atomic E-state index is 0.174. The van der Waals surface area contributed by atoms with Crippen LogP contribution in [0.3, 0.4) is 0 Å². The average molecular weight is 227 g/mol. The molecule has 0 aromatic heterocycles. The van der Waals surface area contributed by atoms with E-state index in [1.807, 2.05) is 6.92 Å². The number of unbranched alkanes of at least 4 members (excludes halogenated alkanes) is 1. The van der Waals surface area contributed by atoms with Gasteiger partial charge in [0.05, 0.1) is 6.54 Å². The Morgan fingerprint density at radius 2 is 1.81 bits per heavy atom. The molecule has 90 valence electrons. The number of carbonyl (C=O) groups is 3. The molecule has 0 saturated carbocycles. The molecule has 1 heterocycles. The zero-order valence-corrected chi connectivity index (χ0v) is 9.44. The van der Waals surface area contributed by atoms with Crippen molar-refractivity contribution in [2.24, 2.45) is 5.73 Å². The van der Waals surface area contributed by atoms with Crippen LogP contribution in [0.25, 0.3) is 0 Å². The SMILES string of the molecule is CCCCN1CCN(CC(N)=O)C(=O)C1=O. The fourth-order valence-corrected chi connectivity index (χ4v) is 1.62. The lowest BCUT2D eigenvalue weighted by Crippen LogP contribution is -2.56. The number of carbonyl (C=O) groups excluding carboxylic acids is 3. The fourth-order valence-electron chi connectivity index (χ4n) is 1.62. The van der Waals surface area contributed by atoms with Crippen molar-refractivity contribution in [3.63, 3.8) is 0 Å². The molecule has 0 aliphatic carbocycles. The van der Waals surface area contributed by atoms with E-state index in [4.69, 9.17) is 5.73 Å². The highest BCUT2D eigenvalue weighted by atomic mass is 16.2. The molecule has 1 aliphatic heterocycles. The van der Waals surface area contributed by atoms with E-state index in [-0.39, 0.29) is 6.54 Å². The fraction of sp³-hybridized carbons (Fsp3) is 0.700. The van der Waals surface area contributed by atoms with Gasteiger partial charge in [-0.2, -0.15) is 0 Å². The number of nitrogens with zero attached hydrogens (tertiary/aromatic N) is 2. The monoisotopic (exact) mass is 227 g/mol. The summed E-state index contributed by atoms with van der Waals surface area (Å²) in [6.07, 6.45) is 1.86. The largest absolute Gasteiger partial charge is 0.368 e. The van der Waals surface area contributed by atoms with Gasteiger partial charge in [0, 0.05) is 19.6 Å². The van der Waals surface area contributed by atoms with Gasteiger partial charge >= 0.3 is 11.8 Å². The smallest absolute Gasteiger partial charge is 0.312 e. The molecule has 1 saturated heterocycles. The Morgan fingerprint density at radius 1 is 1.25 bits per heavy atom. The van der Waals surface area contributed by atoms with E-state index in [0.717, 1.165) is 12.8 Å². The van der Waals surface area contributed by atoms with Crippen molar-refractivity contribution in [1.82, 2.24) is 9.80 Å². The summed E-state index contributed by atoms with van der Waals surface area (Å²) in [6.45, 7) is 3.32. The van der Waals surface area contributed by atoms with Gasteiger partial charge in [-0.05, 0) is 6.42 Å². The summed E-state index contributed by atoms with van der Waals surface area (Å²) in [5.74, 6) is -1.75. The van der Waals surface area contributed by atoms with Crippen LogP contribution < -0.4 is 5.73 Å². The van der Waals surface area contributed by atoms with Gasteiger partial charge in [-0.15, -0.1) is 0 Å². The lowest BCUT2D eigenvalue weighted by molar-refractivity contribution is -0.156. The zero-order valence-electron chi connectivity index (χ0n) is 9.44. The molecule has 1 rings (SSSR count). The van der Waals surface area contributed by atoms with E-state index in [0.29, 0.717) is 19.6 Å². The molecule has 1 fully saturated rings. The number of piperazine rings is 1. The van der Waals surface area contributed by atoms with E-state index < -0.39 is 17.7 Å². The number of hydrogen-bond acceptors (Lipinski definition) is 3. The third-order valence-electron chi connectivity index (χ3n) is 2.53. The standard InChI is InChI=1S/C10H17N3O3/c1-2-3-4-12-5-6-13(7-8(11)14)10(16)9(12)15/h2-7H2,1H3,(H2,11,14). The number of amides is 3. The van der Waals surface area contributed by atoms with Crippen molar-refractivity contribution >= 4 is 17.7 Å². The first-order valence-electron chi connectivity index (χ1n) is 5.42. The molecule has 16 heavy (non-hydrogen) atoms. The van der Waals surface area contributed by atoms with Crippen LogP contribution in [-0.4, -0.2) is 53.7 Å². The second-order valence-corrected chi connectivity index (χ2v) is 3.84. The molecule has 1 aliphatic rings. The summed E-state index contributed by atoms with van der Waals surface area (Å²) in [5.41, 5.74) is 4.99. The Hall–Kier alpha value is -1.59. The molecule has 0 aromatic rings. The summed E-state index contributed by atoms with van der Waals surface area (Å²) >= 11 is 0.